The number of thiazole rings is 1. The Kier molecular flexibility index (Phi) is 9.17. The number of methoxy groups -OCH3 is 1. The molecule has 0 spiro atoms. The smallest absolute Gasteiger partial charge is 0.338 e. The van der Waals surface area contributed by atoms with E-state index in [2.05, 4.69) is 26.8 Å². The number of aromatic nitrogens is 1. The topological polar surface area (TPSA) is 88.3 Å². The third-order valence-electron chi connectivity index (χ3n) is 5.95. The summed E-state index contributed by atoms with van der Waals surface area (Å²) in [6, 6.07) is 10.0. The highest BCUT2D eigenvalue weighted by Gasteiger charge is 2.34. The number of hydrogen-bond donors (Lipinski definition) is 0. The first-order chi connectivity index (χ1) is 19.2. The lowest BCUT2D eigenvalue weighted by Crippen LogP contribution is -2.40. The van der Waals surface area contributed by atoms with Crippen LogP contribution < -0.4 is 29.1 Å². The third kappa shape index (κ3) is 6.01. The average Bonchev–Trinajstić information content (AvgIpc) is 3.21. The molecule has 1 aliphatic rings. The Hall–Kier alpha value is -3.81. The number of hydrogen-bond acceptors (Lipinski definition) is 8. The van der Waals surface area contributed by atoms with Crippen LogP contribution in [0.3, 0.4) is 0 Å². The fraction of sp³-hybridized carbons (Fsp3) is 0.300. The Balaban J connectivity index is 1.95. The molecule has 40 heavy (non-hydrogen) atoms. The highest BCUT2D eigenvalue weighted by Crippen LogP contribution is 2.36. The second kappa shape index (κ2) is 12.6. The minimum absolute atomic E-state index is 0.0674. The molecule has 2 heterocycles. The van der Waals surface area contributed by atoms with Gasteiger partial charge in [0, 0.05) is 10.0 Å². The van der Waals surface area contributed by atoms with E-state index in [4.69, 9.17) is 25.4 Å². The summed E-state index contributed by atoms with van der Waals surface area (Å²) >= 11 is 4.70. The molecule has 0 saturated carbocycles. The van der Waals surface area contributed by atoms with Crippen molar-refractivity contribution in [3.05, 3.63) is 83.0 Å². The van der Waals surface area contributed by atoms with Crippen molar-refractivity contribution in [2.24, 2.45) is 4.99 Å². The summed E-state index contributed by atoms with van der Waals surface area (Å²) in [4.78, 5) is 32.3. The summed E-state index contributed by atoms with van der Waals surface area (Å²) in [5, 5.41) is 0. The lowest BCUT2D eigenvalue weighted by atomic mass is 9.95. The summed E-state index contributed by atoms with van der Waals surface area (Å²) < 4.78 is 25.3. The van der Waals surface area contributed by atoms with Gasteiger partial charge in [0.1, 0.15) is 12.4 Å². The molecule has 8 nitrogen and oxygen atoms in total. The molecule has 0 fully saturated rings. The molecule has 10 heteroatoms. The summed E-state index contributed by atoms with van der Waals surface area (Å²) in [5.74, 6) is 3.49. The van der Waals surface area contributed by atoms with Crippen molar-refractivity contribution in [2.45, 2.75) is 39.8 Å². The largest absolute Gasteiger partial charge is 0.493 e. The van der Waals surface area contributed by atoms with E-state index < -0.39 is 12.0 Å². The normalized spacial score (nSPS) is 14.8. The average molecular weight is 626 g/mol. The lowest BCUT2D eigenvalue weighted by Gasteiger charge is -2.25. The van der Waals surface area contributed by atoms with Gasteiger partial charge in [-0.05, 0) is 69.7 Å². The van der Waals surface area contributed by atoms with Crippen LogP contribution in [0.2, 0.25) is 0 Å². The van der Waals surface area contributed by atoms with Crippen LogP contribution in [0.4, 0.5) is 0 Å². The van der Waals surface area contributed by atoms with Crippen LogP contribution in [0.1, 0.15) is 44.9 Å². The van der Waals surface area contributed by atoms with Crippen LogP contribution in [-0.4, -0.2) is 37.0 Å². The van der Waals surface area contributed by atoms with Crippen LogP contribution in [0.15, 0.2) is 61.9 Å². The van der Waals surface area contributed by atoms with Crippen molar-refractivity contribution in [3.8, 4) is 29.6 Å². The van der Waals surface area contributed by atoms with Gasteiger partial charge in [-0.25, -0.2) is 9.79 Å². The Morgan fingerprint density at radius 1 is 1.23 bits per heavy atom. The summed E-state index contributed by atoms with van der Waals surface area (Å²) in [6.45, 7) is 7.58. The molecule has 0 bridgehead atoms. The zero-order chi connectivity index (χ0) is 29.0. The number of nitrogens with zero attached hydrogens (tertiary/aromatic N) is 2. The fourth-order valence-electron chi connectivity index (χ4n) is 4.34. The number of fused-ring (bicyclic) bond motifs is 1. The first-order valence-corrected chi connectivity index (χ1v) is 14.2. The molecule has 208 valence electrons. The number of carbonyl (C=O) groups excluding carboxylic acids is 1. The van der Waals surface area contributed by atoms with E-state index in [9.17, 15) is 9.59 Å². The summed E-state index contributed by atoms with van der Waals surface area (Å²) in [7, 11) is 1.54. The Morgan fingerprint density at radius 2 is 1.98 bits per heavy atom. The van der Waals surface area contributed by atoms with Crippen LogP contribution >= 0.6 is 27.3 Å². The number of halogens is 1. The van der Waals surface area contributed by atoms with Crippen LogP contribution in [0.5, 0.6) is 17.2 Å². The van der Waals surface area contributed by atoms with Crippen molar-refractivity contribution in [1.82, 2.24) is 4.57 Å². The van der Waals surface area contributed by atoms with Crippen molar-refractivity contribution >= 4 is 39.3 Å². The second-order valence-electron chi connectivity index (χ2n) is 9.05. The van der Waals surface area contributed by atoms with Gasteiger partial charge < -0.3 is 18.9 Å². The summed E-state index contributed by atoms with van der Waals surface area (Å²) in [6.07, 6.45) is 7.05. The minimum atomic E-state index is -0.792. The predicted octanol–water partition coefficient (Wildman–Crippen LogP) is 4.37. The van der Waals surface area contributed by atoms with E-state index in [0.29, 0.717) is 43.4 Å². The van der Waals surface area contributed by atoms with Crippen LogP contribution in [0.25, 0.3) is 6.08 Å². The van der Waals surface area contributed by atoms with Gasteiger partial charge in [0.05, 0.1) is 41.7 Å². The maximum atomic E-state index is 14.0. The molecule has 1 aliphatic heterocycles. The quantitative estimate of drug-likeness (QED) is 0.260. The number of esters is 1. The number of rotatable bonds is 9. The molecule has 2 aromatic carbocycles. The second-order valence-corrected chi connectivity index (χ2v) is 11.0. The molecule has 4 rings (SSSR count). The molecule has 1 aromatic heterocycles. The molecule has 0 unspecified atom stereocenters. The number of benzene rings is 2. The van der Waals surface area contributed by atoms with Crippen molar-refractivity contribution < 1.29 is 23.7 Å². The highest BCUT2D eigenvalue weighted by atomic mass is 79.9. The predicted molar refractivity (Wildman–Crippen MR) is 158 cm³/mol. The first-order valence-electron chi connectivity index (χ1n) is 12.6. The minimum Gasteiger partial charge on any atom is -0.493 e. The number of carbonyl (C=O) groups is 1. The number of terminal acetylenes is 1. The molecular formula is C30H29BrN2O6S. The zero-order valence-electron chi connectivity index (χ0n) is 22.8. The van der Waals surface area contributed by atoms with Crippen LogP contribution in [0, 0.1) is 12.3 Å². The van der Waals surface area contributed by atoms with E-state index in [1.807, 2.05) is 32.0 Å². The van der Waals surface area contributed by atoms with Crippen molar-refractivity contribution in [1.29, 1.82) is 0 Å². The zero-order valence-corrected chi connectivity index (χ0v) is 25.2. The summed E-state index contributed by atoms with van der Waals surface area (Å²) in [5.41, 5.74) is 1.76. The van der Waals surface area contributed by atoms with Gasteiger partial charge in [0.15, 0.2) is 16.3 Å². The van der Waals surface area contributed by atoms with Gasteiger partial charge >= 0.3 is 5.97 Å². The van der Waals surface area contributed by atoms with Gasteiger partial charge in [-0.3, -0.25) is 9.36 Å². The van der Waals surface area contributed by atoms with E-state index in [0.717, 1.165) is 4.47 Å². The van der Waals surface area contributed by atoms with Crippen molar-refractivity contribution in [2.75, 3.05) is 20.3 Å². The number of ether oxygens (including phenoxy) is 4. The molecular weight excluding hydrogens is 596 g/mol. The van der Waals surface area contributed by atoms with Crippen LogP contribution in [-0.2, 0) is 9.53 Å². The van der Waals surface area contributed by atoms with E-state index in [1.165, 1.54) is 15.9 Å². The fourth-order valence-corrected chi connectivity index (χ4v) is 5.75. The number of allylic oxidation sites excluding steroid dienone is 1. The molecule has 0 amide bonds. The molecule has 1 atom stereocenters. The van der Waals surface area contributed by atoms with Gasteiger partial charge in [-0.1, -0.05) is 39.3 Å². The molecule has 0 aliphatic carbocycles. The highest BCUT2D eigenvalue weighted by molar-refractivity contribution is 9.10. The maximum absolute atomic E-state index is 14.0. The molecule has 0 radical (unpaired) electrons. The maximum Gasteiger partial charge on any atom is 0.338 e. The van der Waals surface area contributed by atoms with Gasteiger partial charge in [-0.2, -0.15) is 0 Å². The third-order valence-corrected chi connectivity index (χ3v) is 7.43. The Bertz CT molecular complexity index is 1700. The molecule has 0 N–H and O–H groups in total. The Labute approximate surface area is 244 Å². The lowest BCUT2D eigenvalue weighted by molar-refractivity contribution is -0.139. The van der Waals surface area contributed by atoms with Crippen molar-refractivity contribution in [3.63, 3.8) is 0 Å². The molecule has 0 saturated heterocycles. The van der Waals surface area contributed by atoms with Gasteiger partial charge in [0.25, 0.3) is 5.56 Å². The Morgan fingerprint density at radius 3 is 2.65 bits per heavy atom. The van der Waals surface area contributed by atoms with Gasteiger partial charge in [0.2, 0.25) is 0 Å². The standard InChI is InChI=1S/C30H29BrN2O6S/c1-7-13-38-22-12-10-21(31)14-20(22)16-25-28(34)33-27(19-9-11-23(39-17(3)4)24(15-19)36-6)26(29(35)37-8-2)18(5)32-30(33)40-25/h1,9-12,14-17,27H,8,13H2,2-6H3/b25-16+/t27-/m1/s1. The monoisotopic (exact) mass is 624 g/mol. The first kappa shape index (κ1) is 29.2. The van der Waals surface area contributed by atoms with Gasteiger partial charge in [-0.15, -0.1) is 6.42 Å². The molecule has 3 aromatic rings. The van der Waals surface area contributed by atoms with E-state index in [1.54, 1.807) is 45.2 Å². The van der Waals surface area contributed by atoms with E-state index >= 15 is 0 Å². The van der Waals surface area contributed by atoms with E-state index in [-0.39, 0.29) is 30.5 Å². The SMILES string of the molecule is C#CCOc1ccc(Br)cc1/C=c1/sc2n(c1=O)[C@H](c1ccc(OC(C)C)c(OC)c1)C(C(=O)OCC)=C(C)N=2.